The van der Waals surface area contributed by atoms with Crippen LogP contribution in [-0.2, 0) is 38.2 Å². The SMILES string of the molecule is C[C@@H](NC(=O)c1ccc(NNC(=O)CN2CCN3CCN4CCN(CC2)CC(=O)OC(OC(=O)C3)OC(=O)C4)nc1)C(=O)N1CCC[C@H]1B(O)O. The van der Waals surface area contributed by atoms with Gasteiger partial charge < -0.3 is 34.5 Å². The Kier molecular flexibility index (Phi) is 13.1. The first kappa shape index (κ1) is 37.8. The number of likely N-dealkylation sites (tertiary alicyclic amines) is 1. The molecule has 5 N–H and O–H groups in total. The molecule has 51 heavy (non-hydrogen) atoms. The molecule has 20 nitrogen and oxygen atoms in total. The van der Waals surface area contributed by atoms with Gasteiger partial charge in [0.25, 0.3) is 11.8 Å². The van der Waals surface area contributed by atoms with E-state index in [0.717, 1.165) is 0 Å². The molecule has 0 aliphatic carbocycles. The van der Waals surface area contributed by atoms with Crippen molar-refractivity contribution < 1.29 is 53.0 Å². The molecule has 5 heterocycles. The smallest absolute Gasteiger partial charge is 0.426 e. The summed E-state index contributed by atoms with van der Waals surface area (Å²) in [7, 11) is -1.66. The number of hydrogen-bond donors (Lipinski definition) is 5. The van der Waals surface area contributed by atoms with Gasteiger partial charge in [-0.25, -0.2) is 4.98 Å². The number of anilines is 1. The van der Waals surface area contributed by atoms with Crippen molar-refractivity contribution in [3.05, 3.63) is 23.9 Å². The number of rotatable bonds is 8. The maximum Gasteiger partial charge on any atom is 0.475 e. The van der Waals surface area contributed by atoms with Crippen LogP contribution < -0.4 is 16.2 Å². The third-order valence-corrected chi connectivity index (χ3v) is 9.04. The van der Waals surface area contributed by atoms with Crippen molar-refractivity contribution in [1.29, 1.82) is 0 Å². The second-order valence-electron chi connectivity index (χ2n) is 12.8. The predicted molar refractivity (Wildman–Crippen MR) is 176 cm³/mol. The van der Waals surface area contributed by atoms with Crippen LogP contribution >= 0.6 is 0 Å². The van der Waals surface area contributed by atoms with E-state index in [0.29, 0.717) is 71.7 Å². The molecule has 3 amide bonds. The van der Waals surface area contributed by atoms with Gasteiger partial charge in [0.1, 0.15) is 11.9 Å². The molecular formula is C30H44BN9O11. The highest BCUT2D eigenvalue weighted by Crippen LogP contribution is 2.19. The summed E-state index contributed by atoms with van der Waals surface area (Å²) in [5, 5.41) is 21.7. The quantitative estimate of drug-likeness (QED) is 0.0974. The molecule has 0 saturated carbocycles. The Morgan fingerprint density at radius 3 is 1.92 bits per heavy atom. The number of fused-ring (bicyclic) bond motifs is 7. The molecule has 1 aromatic rings. The van der Waals surface area contributed by atoms with Crippen LogP contribution in [0, 0.1) is 0 Å². The molecule has 4 aliphatic rings. The van der Waals surface area contributed by atoms with Gasteiger partial charge >= 0.3 is 31.5 Å². The number of nitrogens with one attached hydrogen (secondary N) is 3. The summed E-state index contributed by atoms with van der Waals surface area (Å²) in [5.74, 6) is -3.95. The molecule has 0 aromatic carbocycles. The summed E-state index contributed by atoms with van der Waals surface area (Å²) in [5.41, 5.74) is 5.49. The monoisotopic (exact) mass is 717 g/mol. The third-order valence-electron chi connectivity index (χ3n) is 9.04. The number of ether oxygens (including phenoxy) is 3. The van der Waals surface area contributed by atoms with Crippen molar-refractivity contribution in [1.82, 2.24) is 40.2 Å². The Balaban J connectivity index is 1.15. The number of carbonyl (C=O) groups excluding carboxylic acids is 6. The summed E-state index contributed by atoms with van der Waals surface area (Å²) >= 11 is 0. The maximum absolute atomic E-state index is 13.0. The minimum absolute atomic E-state index is 0.0301. The number of amides is 3. The van der Waals surface area contributed by atoms with E-state index >= 15 is 0 Å². The highest BCUT2D eigenvalue weighted by Gasteiger charge is 2.38. The number of aromatic nitrogens is 1. The number of nitrogens with zero attached hydrogens (tertiary/aromatic N) is 6. The van der Waals surface area contributed by atoms with Crippen LogP contribution in [0.25, 0.3) is 0 Å². The number of esters is 3. The average Bonchev–Trinajstić information content (AvgIpc) is 3.57. The molecule has 4 saturated heterocycles. The molecule has 4 fully saturated rings. The maximum atomic E-state index is 13.0. The highest BCUT2D eigenvalue weighted by atomic mass is 16.9. The molecule has 4 bridgehead atoms. The van der Waals surface area contributed by atoms with E-state index in [-0.39, 0.29) is 43.5 Å². The van der Waals surface area contributed by atoms with Crippen LogP contribution in [0.3, 0.4) is 0 Å². The van der Waals surface area contributed by atoms with Crippen LogP contribution in [0.5, 0.6) is 0 Å². The highest BCUT2D eigenvalue weighted by molar-refractivity contribution is 6.43. The van der Waals surface area contributed by atoms with Crippen LogP contribution in [0.4, 0.5) is 5.82 Å². The van der Waals surface area contributed by atoms with Crippen molar-refractivity contribution in [3.63, 3.8) is 0 Å². The zero-order valence-electron chi connectivity index (χ0n) is 28.4. The Bertz CT molecular complexity index is 1400. The van der Waals surface area contributed by atoms with Crippen LogP contribution in [0.15, 0.2) is 18.3 Å². The predicted octanol–water partition coefficient (Wildman–Crippen LogP) is -4.19. The lowest BCUT2D eigenvalue weighted by atomic mass is 9.78. The molecule has 5 rings (SSSR count). The van der Waals surface area contributed by atoms with Crippen molar-refractivity contribution in [2.24, 2.45) is 0 Å². The number of hydrogen-bond acceptors (Lipinski definition) is 17. The number of hydrazine groups is 1. The topological polar surface area (TPSA) is 236 Å². The molecule has 2 unspecified atom stereocenters. The first-order valence-corrected chi connectivity index (χ1v) is 16.9. The molecule has 0 spiro atoms. The standard InChI is InChI=1S/C30H44BN9O11/c1-20(29(46)40-6-2-3-22(40)31(47)48)33-28(45)21-4-5-23(32-15-21)34-35-24(41)16-36-7-9-37-11-13-39-14-12-38(10-8-36)18-26(43)50-30(49-25(42)17-37)51-27(44)19-39/h4-5,15,20,22,30,47-48H,2-3,6-14,16-19H2,1H3,(H,32,34)(H,33,45)(H,35,41)/t20-,22+/m1/s1. The summed E-state index contributed by atoms with van der Waals surface area (Å²) in [6.45, 7) is 3.15. The minimum atomic E-state index is -1.77. The van der Waals surface area contributed by atoms with E-state index in [1.807, 2.05) is 19.6 Å². The van der Waals surface area contributed by atoms with Crippen molar-refractivity contribution >= 4 is 48.6 Å². The fraction of sp³-hybridized carbons (Fsp3) is 0.633. The third kappa shape index (κ3) is 11.0. The summed E-state index contributed by atoms with van der Waals surface area (Å²) in [6.07, 6.45) is 2.38. The first-order chi connectivity index (χ1) is 24.4. The van der Waals surface area contributed by atoms with Gasteiger partial charge in [-0.2, -0.15) is 0 Å². The Morgan fingerprint density at radius 2 is 1.41 bits per heavy atom. The van der Waals surface area contributed by atoms with Crippen LogP contribution in [-0.4, -0.2) is 186 Å². The normalized spacial score (nSPS) is 26.9. The fourth-order valence-corrected chi connectivity index (χ4v) is 6.21. The zero-order chi connectivity index (χ0) is 36.5. The Hall–Kier alpha value is -4.41. The van der Waals surface area contributed by atoms with Gasteiger partial charge in [0.2, 0.25) is 5.91 Å². The molecule has 1 aromatic heterocycles. The second kappa shape index (κ2) is 17.7. The van der Waals surface area contributed by atoms with Gasteiger partial charge in [0.15, 0.2) is 0 Å². The first-order valence-electron chi connectivity index (χ1n) is 16.9. The van der Waals surface area contributed by atoms with Crippen molar-refractivity contribution in [3.8, 4) is 0 Å². The van der Waals surface area contributed by atoms with E-state index < -0.39 is 55.3 Å². The number of pyridine rings is 1. The molecular weight excluding hydrogens is 673 g/mol. The van der Waals surface area contributed by atoms with Gasteiger partial charge in [-0.1, -0.05) is 0 Å². The molecule has 0 radical (unpaired) electrons. The van der Waals surface area contributed by atoms with E-state index in [9.17, 15) is 38.8 Å². The van der Waals surface area contributed by atoms with E-state index in [4.69, 9.17) is 14.2 Å². The lowest BCUT2D eigenvalue weighted by Crippen LogP contribution is -2.52. The van der Waals surface area contributed by atoms with E-state index in [1.54, 1.807) is 0 Å². The lowest BCUT2D eigenvalue weighted by molar-refractivity contribution is -0.258. The van der Waals surface area contributed by atoms with Gasteiger partial charge in [-0.3, -0.25) is 59.2 Å². The molecule has 21 heteroatoms. The largest absolute Gasteiger partial charge is 0.475 e. The molecule has 4 atom stereocenters. The summed E-state index contributed by atoms with van der Waals surface area (Å²) in [6, 6.07) is 2.05. The van der Waals surface area contributed by atoms with Crippen molar-refractivity contribution in [2.45, 2.75) is 38.2 Å². The lowest BCUT2D eigenvalue weighted by Gasteiger charge is -2.33. The molecule has 278 valence electrons. The zero-order valence-corrected chi connectivity index (χ0v) is 28.4. The van der Waals surface area contributed by atoms with Gasteiger partial charge in [-0.15, -0.1) is 0 Å². The average molecular weight is 718 g/mol. The summed E-state index contributed by atoms with van der Waals surface area (Å²) < 4.78 is 15.5. The van der Waals surface area contributed by atoms with Crippen LogP contribution in [0.1, 0.15) is 30.1 Å². The summed E-state index contributed by atoms with van der Waals surface area (Å²) in [4.78, 5) is 89.5. The van der Waals surface area contributed by atoms with Crippen molar-refractivity contribution in [2.75, 3.05) is 90.5 Å². The Morgan fingerprint density at radius 1 is 0.863 bits per heavy atom. The van der Waals surface area contributed by atoms with Gasteiger partial charge in [-0.05, 0) is 31.9 Å². The van der Waals surface area contributed by atoms with Crippen LogP contribution in [0.2, 0.25) is 0 Å². The van der Waals surface area contributed by atoms with E-state index in [1.165, 1.54) is 30.2 Å². The minimum Gasteiger partial charge on any atom is -0.426 e. The fourth-order valence-electron chi connectivity index (χ4n) is 6.21. The number of carbonyl (C=O) groups is 6. The molecule has 4 aliphatic heterocycles. The Labute approximate surface area is 294 Å². The van der Waals surface area contributed by atoms with Gasteiger partial charge in [0.05, 0.1) is 37.7 Å². The second-order valence-corrected chi connectivity index (χ2v) is 12.8. The van der Waals surface area contributed by atoms with Gasteiger partial charge in [0, 0.05) is 65.1 Å². The van der Waals surface area contributed by atoms with E-state index in [2.05, 4.69) is 21.2 Å².